The molecule has 0 heterocycles. The van der Waals surface area contributed by atoms with Crippen molar-refractivity contribution in [2.45, 2.75) is 50.6 Å². The second-order valence-electron chi connectivity index (χ2n) is 10.8. The smallest absolute Gasteiger partial charge is 0.264 e. The molecule has 8 nitrogen and oxygen atoms in total. The fourth-order valence-electron chi connectivity index (χ4n) is 5.06. The van der Waals surface area contributed by atoms with E-state index in [-0.39, 0.29) is 41.8 Å². The van der Waals surface area contributed by atoms with Crippen molar-refractivity contribution in [3.05, 3.63) is 124 Å². The van der Waals surface area contributed by atoms with E-state index in [1.807, 2.05) is 37.3 Å². The first-order valence-corrected chi connectivity index (χ1v) is 17.7. The van der Waals surface area contributed by atoms with E-state index in [0.717, 1.165) is 22.7 Å². The highest BCUT2D eigenvalue weighted by Gasteiger charge is 2.35. The van der Waals surface area contributed by atoms with Gasteiger partial charge in [0.15, 0.2) is 0 Å². The van der Waals surface area contributed by atoms with Gasteiger partial charge in [0.1, 0.15) is 18.3 Å². The summed E-state index contributed by atoms with van der Waals surface area (Å²) in [5.74, 6) is -0.652. The van der Waals surface area contributed by atoms with E-state index < -0.39 is 28.5 Å². The molecule has 0 fully saturated rings. The van der Waals surface area contributed by atoms with Crippen molar-refractivity contribution in [3.63, 3.8) is 0 Å². The molecule has 0 aliphatic rings. The summed E-state index contributed by atoms with van der Waals surface area (Å²) < 4.78 is 35.4. The van der Waals surface area contributed by atoms with Gasteiger partial charge in [0.2, 0.25) is 11.8 Å². The second kappa shape index (κ2) is 17.2. The largest absolute Gasteiger partial charge is 0.492 e. The molecule has 4 rings (SSSR count). The van der Waals surface area contributed by atoms with E-state index >= 15 is 0 Å². The predicted molar refractivity (Wildman–Crippen MR) is 187 cm³/mol. The lowest BCUT2D eigenvalue weighted by Crippen LogP contribution is -2.53. The molecule has 0 aliphatic heterocycles. The van der Waals surface area contributed by atoms with Gasteiger partial charge in [0.25, 0.3) is 10.0 Å². The van der Waals surface area contributed by atoms with Gasteiger partial charge in [-0.1, -0.05) is 97.2 Å². The van der Waals surface area contributed by atoms with Gasteiger partial charge in [-0.05, 0) is 66.9 Å². The van der Waals surface area contributed by atoms with Crippen LogP contribution in [0, 0.1) is 0 Å². The molecule has 0 aliphatic carbocycles. The Kier molecular flexibility index (Phi) is 13.1. The highest BCUT2D eigenvalue weighted by Crippen LogP contribution is 2.33. The number of ether oxygens (including phenoxy) is 1. The number of hydrogen-bond acceptors (Lipinski definition) is 5. The molecule has 0 radical (unpaired) electrons. The molecule has 1 atom stereocenters. The number of unbranched alkanes of at least 4 members (excludes halogenated alkanes) is 1. The summed E-state index contributed by atoms with van der Waals surface area (Å²) in [7, 11) is -4.32. The third kappa shape index (κ3) is 9.50. The minimum atomic E-state index is -4.32. The number of amides is 2. The van der Waals surface area contributed by atoms with Crippen LogP contribution in [0.1, 0.15) is 37.8 Å². The molecule has 0 aromatic heterocycles. The Balaban J connectivity index is 1.83. The molecule has 47 heavy (non-hydrogen) atoms. The van der Waals surface area contributed by atoms with Crippen LogP contribution < -0.4 is 14.4 Å². The molecular formula is C36H39Cl2N3O5S. The number of carbonyl (C=O) groups is 2. The summed E-state index contributed by atoms with van der Waals surface area (Å²) in [6, 6.07) is 27.9. The Bertz CT molecular complexity index is 1740. The average Bonchev–Trinajstić information content (AvgIpc) is 3.07. The Morgan fingerprint density at radius 1 is 0.851 bits per heavy atom. The van der Waals surface area contributed by atoms with Crippen LogP contribution in [0.5, 0.6) is 5.75 Å². The van der Waals surface area contributed by atoms with E-state index in [4.69, 9.17) is 27.9 Å². The van der Waals surface area contributed by atoms with Gasteiger partial charge < -0.3 is 15.0 Å². The molecule has 1 unspecified atom stereocenters. The Morgan fingerprint density at radius 3 is 2.19 bits per heavy atom. The number of hydrogen-bond donors (Lipinski definition) is 1. The normalized spacial score (nSPS) is 11.8. The Labute approximate surface area is 287 Å². The molecule has 11 heteroatoms. The lowest BCUT2D eigenvalue weighted by molar-refractivity contribution is -0.140. The zero-order valence-electron chi connectivity index (χ0n) is 26.4. The number of anilines is 1. The second-order valence-corrected chi connectivity index (χ2v) is 13.5. The first-order chi connectivity index (χ1) is 22.6. The van der Waals surface area contributed by atoms with Crippen molar-refractivity contribution in [2.24, 2.45) is 0 Å². The lowest BCUT2D eigenvalue weighted by Gasteiger charge is -2.34. The van der Waals surface area contributed by atoms with Gasteiger partial charge >= 0.3 is 0 Å². The van der Waals surface area contributed by atoms with E-state index in [9.17, 15) is 18.0 Å². The lowest BCUT2D eigenvalue weighted by atomic mass is 10.0. The van der Waals surface area contributed by atoms with Crippen molar-refractivity contribution < 1.29 is 22.7 Å². The third-order valence-electron chi connectivity index (χ3n) is 7.51. The summed E-state index contributed by atoms with van der Waals surface area (Å²) in [6.07, 6.45) is 1.85. The monoisotopic (exact) mass is 695 g/mol. The van der Waals surface area contributed by atoms with E-state index in [1.54, 1.807) is 55.5 Å². The van der Waals surface area contributed by atoms with Gasteiger partial charge in [0.05, 0.1) is 17.2 Å². The van der Waals surface area contributed by atoms with Gasteiger partial charge in [0, 0.05) is 29.6 Å². The van der Waals surface area contributed by atoms with Crippen LogP contribution in [0.2, 0.25) is 10.0 Å². The van der Waals surface area contributed by atoms with Crippen molar-refractivity contribution in [1.29, 1.82) is 0 Å². The highest BCUT2D eigenvalue weighted by molar-refractivity contribution is 7.92. The average molecular weight is 697 g/mol. The number of benzene rings is 4. The molecule has 0 saturated carbocycles. The molecule has 4 aromatic carbocycles. The first-order valence-electron chi connectivity index (χ1n) is 15.5. The standard InChI is InChI=1S/C36H39Cl2N3O5S/c1-3-5-23-39-36(43)33(24-27-13-7-6-8-14-27)40(25-28-15-9-10-16-31(28)38)35(42)26-41(32-17-11-12-18-34(32)46-4-2)47(44,45)30-21-19-29(37)20-22-30/h6-22,33H,3-5,23-26H2,1-2H3,(H,39,43). The predicted octanol–water partition coefficient (Wildman–Crippen LogP) is 7.14. The van der Waals surface area contributed by atoms with Gasteiger partial charge in [-0.25, -0.2) is 8.42 Å². The van der Waals surface area contributed by atoms with Crippen molar-refractivity contribution in [2.75, 3.05) is 24.0 Å². The van der Waals surface area contributed by atoms with Crippen LogP contribution in [0.15, 0.2) is 108 Å². The Hall–Kier alpha value is -4.05. The summed E-state index contributed by atoms with van der Waals surface area (Å²) in [5, 5.41) is 3.77. The van der Waals surface area contributed by atoms with Crippen LogP contribution >= 0.6 is 23.2 Å². The van der Waals surface area contributed by atoms with E-state index in [2.05, 4.69) is 5.32 Å². The number of halogens is 2. The molecule has 4 aromatic rings. The number of para-hydroxylation sites is 2. The van der Waals surface area contributed by atoms with E-state index in [0.29, 0.717) is 22.2 Å². The summed E-state index contributed by atoms with van der Waals surface area (Å²) in [4.78, 5) is 29.9. The van der Waals surface area contributed by atoms with Gasteiger partial charge in [-0.2, -0.15) is 0 Å². The molecule has 0 saturated heterocycles. The van der Waals surface area contributed by atoms with Gasteiger partial charge in [-0.15, -0.1) is 0 Å². The Morgan fingerprint density at radius 2 is 1.51 bits per heavy atom. The maximum absolute atomic E-state index is 14.6. The third-order valence-corrected chi connectivity index (χ3v) is 9.91. The quantitative estimate of drug-likeness (QED) is 0.126. The fraction of sp³-hybridized carbons (Fsp3) is 0.278. The van der Waals surface area contributed by atoms with Crippen molar-refractivity contribution >= 4 is 50.7 Å². The minimum Gasteiger partial charge on any atom is -0.492 e. The number of sulfonamides is 1. The molecular weight excluding hydrogens is 657 g/mol. The number of nitrogens with zero attached hydrogens (tertiary/aromatic N) is 2. The molecule has 248 valence electrons. The molecule has 0 spiro atoms. The number of carbonyl (C=O) groups excluding carboxylic acids is 2. The van der Waals surface area contributed by atoms with Gasteiger partial charge in [-0.3, -0.25) is 13.9 Å². The highest BCUT2D eigenvalue weighted by atomic mass is 35.5. The fourth-order valence-corrected chi connectivity index (χ4v) is 6.80. The maximum atomic E-state index is 14.6. The zero-order valence-corrected chi connectivity index (χ0v) is 28.8. The zero-order chi connectivity index (χ0) is 33.8. The van der Waals surface area contributed by atoms with E-state index in [1.165, 1.54) is 29.2 Å². The SMILES string of the molecule is CCCCNC(=O)C(Cc1ccccc1)N(Cc1ccccc1Cl)C(=O)CN(c1ccccc1OCC)S(=O)(=O)c1ccc(Cl)cc1. The summed E-state index contributed by atoms with van der Waals surface area (Å²) in [5.41, 5.74) is 1.64. The maximum Gasteiger partial charge on any atom is 0.264 e. The van der Waals surface area contributed by atoms with Crippen LogP contribution in [0.25, 0.3) is 0 Å². The van der Waals surface area contributed by atoms with Crippen LogP contribution in [0.3, 0.4) is 0 Å². The first kappa shape index (κ1) is 35.8. The van der Waals surface area contributed by atoms with Crippen LogP contribution in [-0.4, -0.2) is 50.9 Å². The molecule has 2 amide bonds. The minimum absolute atomic E-state index is 0.0286. The van der Waals surface area contributed by atoms with Crippen LogP contribution in [0.4, 0.5) is 5.69 Å². The van der Waals surface area contributed by atoms with Crippen molar-refractivity contribution in [1.82, 2.24) is 10.2 Å². The summed E-state index contributed by atoms with van der Waals surface area (Å²) in [6.45, 7) is 3.88. The number of nitrogens with one attached hydrogen (secondary N) is 1. The topological polar surface area (TPSA) is 96.0 Å². The van der Waals surface area contributed by atoms with Crippen molar-refractivity contribution in [3.8, 4) is 5.75 Å². The van der Waals surface area contributed by atoms with Crippen LogP contribution in [-0.2, 0) is 32.6 Å². The number of rotatable bonds is 16. The molecule has 0 bridgehead atoms. The summed E-state index contributed by atoms with van der Waals surface area (Å²) >= 11 is 12.6. The molecule has 1 N–H and O–H groups in total.